The van der Waals surface area contributed by atoms with Crippen molar-refractivity contribution in [2.75, 3.05) is 0 Å². The van der Waals surface area contributed by atoms with Crippen LogP contribution < -0.4 is 5.32 Å². The van der Waals surface area contributed by atoms with Gasteiger partial charge < -0.3 is 9.52 Å². The number of rotatable bonds is 4. The van der Waals surface area contributed by atoms with E-state index in [0.29, 0.717) is 24.0 Å². The van der Waals surface area contributed by atoms with Gasteiger partial charge in [0.2, 0.25) is 0 Å². The van der Waals surface area contributed by atoms with Crippen molar-refractivity contribution in [2.24, 2.45) is 0 Å². The van der Waals surface area contributed by atoms with E-state index in [4.69, 9.17) is 4.42 Å². The van der Waals surface area contributed by atoms with Gasteiger partial charge in [-0.05, 0) is 30.5 Å². The Morgan fingerprint density at radius 1 is 1.04 bits per heavy atom. The number of benzene rings is 2. The number of hydrogen-bond donors (Lipinski definition) is 2. The van der Waals surface area contributed by atoms with Gasteiger partial charge in [-0.3, -0.25) is 10.1 Å². The number of nitrogens with one attached hydrogen (secondary N) is 1. The fourth-order valence-corrected chi connectivity index (χ4v) is 4.13. The quantitative estimate of drug-likeness (QED) is 0.611. The van der Waals surface area contributed by atoms with Crippen LogP contribution in [0, 0.1) is 0 Å². The minimum absolute atomic E-state index is 0.0507. The fraction of sp³-hybridized carbons (Fsp3) is 0.381. The highest BCUT2D eigenvalue weighted by atomic mass is 19.4. The lowest BCUT2D eigenvalue weighted by atomic mass is 9.80. The van der Waals surface area contributed by atoms with Crippen LogP contribution in [0.25, 0.3) is 21.9 Å². The van der Waals surface area contributed by atoms with Crippen LogP contribution in [0.1, 0.15) is 43.7 Å². The molecular formula is C21H20F3NO3. The monoisotopic (exact) mass is 391 g/mol. The summed E-state index contributed by atoms with van der Waals surface area (Å²) in [5.41, 5.74) is -0.671. The Balaban J connectivity index is 1.77. The largest absolute Gasteiger partial charge is 0.480 e. The third kappa shape index (κ3) is 3.24. The molecule has 0 radical (unpaired) electrons. The highest BCUT2D eigenvalue weighted by molar-refractivity contribution is 6.04. The molecule has 1 atom stereocenters. The Labute approximate surface area is 159 Å². The highest BCUT2D eigenvalue weighted by Gasteiger charge is 2.49. The van der Waals surface area contributed by atoms with Crippen molar-refractivity contribution in [3.63, 3.8) is 0 Å². The number of hydrogen-bond acceptors (Lipinski definition) is 3. The van der Waals surface area contributed by atoms with Gasteiger partial charge in [0.15, 0.2) is 0 Å². The molecule has 0 bridgehead atoms. The van der Waals surface area contributed by atoms with Crippen molar-refractivity contribution >= 4 is 27.9 Å². The molecule has 2 N–H and O–H groups in total. The summed E-state index contributed by atoms with van der Waals surface area (Å²) in [5.74, 6) is -1.23. The van der Waals surface area contributed by atoms with Gasteiger partial charge in [0.25, 0.3) is 0 Å². The number of para-hydroxylation sites is 1. The first-order valence-electron chi connectivity index (χ1n) is 9.29. The van der Waals surface area contributed by atoms with Crippen LogP contribution in [0.5, 0.6) is 0 Å². The number of furan rings is 1. The van der Waals surface area contributed by atoms with E-state index in [9.17, 15) is 23.1 Å². The van der Waals surface area contributed by atoms with Crippen molar-refractivity contribution in [2.45, 2.75) is 49.9 Å². The number of aliphatic carboxylic acids is 1. The molecule has 7 heteroatoms. The molecule has 0 spiro atoms. The average molecular weight is 391 g/mol. The van der Waals surface area contributed by atoms with E-state index in [1.54, 1.807) is 18.2 Å². The Morgan fingerprint density at radius 3 is 2.39 bits per heavy atom. The number of carboxylic acids is 1. The summed E-state index contributed by atoms with van der Waals surface area (Å²) in [5, 5.41) is 13.7. The fourth-order valence-electron chi connectivity index (χ4n) is 4.13. The summed E-state index contributed by atoms with van der Waals surface area (Å²) in [7, 11) is 0. The van der Waals surface area contributed by atoms with Crippen LogP contribution in [0.2, 0.25) is 0 Å². The molecule has 4 nitrogen and oxygen atoms in total. The van der Waals surface area contributed by atoms with Crippen LogP contribution in [-0.2, 0) is 4.79 Å². The Morgan fingerprint density at radius 2 is 1.71 bits per heavy atom. The average Bonchev–Trinajstić information content (AvgIpc) is 3.03. The van der Waals surface area contributed by atoms with Gasteiger partial charge >= 0.3 is 12.1 Å². The van der Waals surface area contributed by atoms with Gasteiger partial charge in [-0.2, -0.15) is 13.2 Å². The van der Waals surface area contributed by atoms with E-state index in [1.807, 2.05) is 12.1 Å². The molecule has 1 saturated carbocycles. The molecule has 0 amide bonds. The maximum atomic E-state index is 13.9. The summed E-state index contributed by atoms with van der Waals surface area (Å²) < 4.78 is 47.4. The van der Waals surface area contributed by atoms with E-state index in [0.717, 1.165) is 17.2 Å². The van der Waals surface area contributed by atoms with Gasteiger partial charge in [-0.1, -0.05) is 49.6 Å². The molecule has 1 aliphatic carbocycles. The van der Waals surface area contributed by atoms with Gasteiger partial charge in [0, 0.05) is 10.8 Å². The van der Waals surface area contributed by atoms with E-state index >= 15 is 0 Å². The summed E-state index contributed by atoms with van der Waals surface area (Å²) >= 11 is 0. The highest BCUT2D eigenvalue weighted by Crippen LogP contribution is 2.40. The third-order valence-electron chi connectivity index (χ3n) is 5.60. The van der Waals surface area contributed by atoms with Gasteiger partial charge in [-0.15, -0.1) is 0 Å². The second kappa shape index (κ2) is 6.81. The molecule has 1 heterocycles. The van der Waals surface area contributed by atoms with Crippen LogP contribution >= 0.6 is 0 Å². The van der Waals surface area contributed by atoms with Gasteiger partial charge in [-0.25, -0.2) is 0 Å². The predicted octanol–water partition coefficient (Wildman–Crippen LogP) is 5.57. The molecule has 0 saturated heterocycles. The van der Waals surface area contributed by atoms with Crippen LogP contribution in [0.4, 0.5) is 13.2 Å². The van der Waals surface area contributed by atoms with Crippen LogP contribution in [-0.4, -0.2) is 22.8 Å². The lowest BCUT2D eigenvalue weighted by Crippen LogP contribution is -2.57. The van der Waals surface area contributed by atoms with Crippen LogP contribution in [0.3, 0.4) is 0 Å². The predicted molar refractivity (Wildman–Crippen MR) is 99.1 cm³/mol. The number of carbonyl (C=O) groups is 1. The van der Waals surface area contributed by atoms with Crippen molar-refractivity contribution < 1.29 is 27.5 Å². The second-order valence-electron chi connectivity index (χ2n) is 7.42. The van der Waals surface area contributed by atoms with Crippen molar-refractivity contribution in [3.8, 4) is 0 Å². The zero-order valence-electron chi connectivity index (χ0n) is 15.1. The normalized spacial score (nSPS) is 18.4. The number of fused-ring (bicyclic) bond motifs is 3. The Hall–Kier alpha value is -2.54. The maximum absolute atomic E-state index is 13.9. The molecular weight excluding hydrogens is 371 g/mol. The van der Waals surface area contributed by atoms with E-state index < -0.39 is 23.7 Å². The van der Waals surface area contributed by atoms with Crippen molar-refractivity contribution in [3.05, 3.63) is 48.0 Å². The third-order valence-corrected chi connectivity index (χ3v) is 5.60. The lowest BCUT2D eigenvalue weighted by molar-refractivity contribution is -0.170. The molecule has 3 aromatic rings. The summed E-state index contributed by atoms with van der Waals surface area (Å²) in [4.78, 5) is 11.9. The number of carboxylic acid groups (broad SMARTS) is 1. The molecule has 148 valence electrons. The number of alkyl halides is 3. The first kappa shape index (κ1) is 18.8. The van der Waals surface area contributed by atoms with Crippen molar-refractivity contribution in [1.82, 2.24) is 5.32 Å². The Kier molecular flexibility index (Phi) is 4.57. The lowest BCUT2D eigenvalue weighted by Gasteiger charge is -2.38. The topological polar surface area (TPSA) is 62.5 Å². The van der Waals surface area contributed by atoms with E-state index in [-0.39, 0.29) is 18.4 Å². The zero-order valence-corrected chi connectivity index (χ0v) is 15.1. The molecule has 1 aliphatic rings. The molecule has 0 aliphatic heterocycles. The SMILES string of the molecule is O=C(O)C1(NC(c2ccc3c(c2)oc2ccccc23)C(F)(F)F)CCCCC1. The Bertz CT molecular complexity index is 1020. The van der Waals surface area contributed by atoms with Gasteiger partial charge in [0.1, 0.15) is 22.7 Å². The molecule has 28 heavy (non-hydrogen) atoms. The molecule has 1 aromatic heterocycles. The van der Waals surface area contributed by atoms with Crippen LogP contribution in [0.15, 0.2) is 46.9 Å². The van der Waals surface area contributed by atoms with E-state index in [2.05, 4.69) is 5.32 Å². The second-order valence-corrected chi connectivity index (χ2v) is 7.42. The standard InChI is InChI=1S/C21H20F3NO3/c22-21(23,24)18(25-20(19(26)27)10-4-1-5-11-20)13-8-9-15-14-6-2-3-7-16(14)28-17(15)12-13/h2-3,6-9,12,18,25H,1,4-5,10-11H2,(H,26,27). The smallest absolute Gasteiger partial charge is 0.407 e. The van der Waals surface area contributed by atoms with Gasteiger partial charge in [0.05, 0.1) is 0 Å². The molecule has 1 fully saturated rings. The minimum Gasteiger partial charge on any atom is -0.480 e. The molecule has 2 aromatic carbocycles. The molecule has 4 rings (SSSR count). The maximum Gasteiger partial charge on any atom is 0.407 e. The first-order chi connectivity index (χ1) is 13.3. The summed E-state index contributed by atoms with van der Waals surface area (Å²) in [6.07, 6.45) is -2.26. The molecule has 1 unspecified atom stereocenters. The minimum atomic E-state index is -4.64. The number of halogens is 3. The summed E-state index contributed by atoms with van der Waals surface area (Å²) in [6.45, 7) is 0. The zero-order chi connectivity index (χ0) is 19.9. The summed E-state index contributed by atoms with van der Waals surface area (Å²) in [6, 6.07) is 9.52. The first-order valence-corrected chi connectivity index (χ1v) is 9.29. The van der Waals surface area contributed by atoms with E-state index in [1.165, 1.54) is 12.1 Å². The van der Waals surface area contributed by atoms with Crippen molar-refractivity contribution in [1.29, 1.82) is 0 Å².